The van der Waals surface area contributed by atoms with Crippen LogP contribution in [0.2, 0.25) is 5.02 Å². The Balaban J connectivity index is 1.70. The number of rotatable bonds is 6. The highest BCUT2D eigenvalue weighted by Crippen LogP contribution is 2.27. The first-order chi connectivity index (χ1) is 12.5. The third-order valence-electron chi connectivity index (χ3n) is 3.56. The third kappa shape index (κ3) is 4.84. The van der Waals surface area contributed by atoms with E-state index in [1.54, 1.807) is 5.38 Å². The molecule has 134 valence electrons. The van der Waals surface area contributed by atoms with Crippen molar-refractivity contribution in [2.75, 3.05) is 0 Å². The van der Waals surface area contributed by atoms with Crippen molar-refractivity contribution in [2.24, 2.45) is 0 Å². The number of hydrogen-bond acceptors (Lipinski definition) is 4. The zero-order valence-electron chi connectivity index (χ0n) is 14.5. The molecule has 3 rings (SSSR count). The van der Waals surface area contributed by atoms with E-state index in [9.17, 15) is 4.79 Å². The molecule has 0 radical (unpaired) electrons. The minimum absolute atomic E-state index is 0.0808. The molecule has 0 bridgehead atoms. The highest BCUT2D eigenvalue weighted by Gasteiger charge is 2.13. The molecule has 0 saturated heterocycles. The number of nitrogens with zero attached hydrogens (tertiary/aromatic N) is 1. The molecule has 4 nitrogen and oxygen atoms in total. The molecule has 3 aromatic rings. The van der Waals surface area contributed by atoms with Gasteiger partial charge in [0.1, 0.15) is 23.1 Å². The molecular formula is C20H19ClN2O2S. The van der Waals surface area contributed by atoms with E-state index in [0.717, 1.165) is 21.9 Å². The van der Waals surface area contributed by atoms with E-state index in [-0.39, 0.29) is 11.9 Å². The summed E-state index contributed by atoms with van der Waals surface area (Å²) in [7, 11) is 0. The number of carbonyl (C=O) groups is 1. The Kier molecular flexibility index (Phi) is 5.91. The molecule has 0 aliphatic carbocycles. The third-order valence-corrected chi connectivity index (χ3v) is 4.70. The van der Waals surface area contributed by atoms with Crippen molar-refractivity contribution in [1.82, 2.24) is 10.3 Å². The van der Waals surface area contributed by atoms with Gasteiger partial charge in [0.25, 0.3) is 5.91 Å². The first kappa shape index (κ1) is 18.4. The highest BCUT2D eigenvalue weighted by molar-refractivity contribution is 7.13. The molecule has 1 heterocycles. The molecule has 1 N–H and O–H groups in total. The van der Waals surface area contributed by atoms with Gasteiger partial charge in [-0.1, -0.05) is 35.9 Å². The maximum atomic E-state index is 12.0. The predicted octanol–water partition coefficient (Wildman–Crippen LogP) is 5.18. The van der Waals surface area contributed by atoms with E-state index < -0.39 is 0 Å². The van der Waals surface area contributed by atoms with Crippen LogP contribution in [0.5, 0.6) is 5.75 Å². The Labute approximate surface area is 161 Å². The fraction of sp³-hybridized carbons (Fsp3) is 0.200. The minimum atomic E-state index is -0.155. The smallest absolute Gasteiger partial charge is 0.270 e. The largest absolute Gasteiger partial charge is 0.489 e. The van der Waals surface area contributed by atoms with Crippen LogP contribution in [0.15, 0.2) is 53.9 Å². The van der Waals surface area contributed by atoms with Gasteiger partial charge < -0.3 is 10.1 Å². The quantitative estimate of drug-likeness (QED) is 0.635. The van der Waals surface area contributed by atoms with E-state index in [4.69, 9.17) is 16.3 Å². The number of benzene rings is 2. The average molecular weight is 387 g/mol. The Morgan fingerprint density at radius 3 is 2.73 bits per heavy atom. The summed E-state index contributed by atoms with van der Waals surface area (Å²) >= 11 is 7.33. The second-order valence-corrected chi connectivity index (χ2v) is 7.40. The SMILES string of the molecule is CC(C)NC(=O)c1csc(-c2cccc(OCc3ccc(Cl)cc3)c2)n1. The lowest BCUT2D eigenvalue weighted by Crippen LogP contribution is -2.30. The summed E-state index contributed by atoms with van der Waals surface area (Å²) in [6.45, 7) is 4.31. The number of hydrogen-bond donors (Lipinski definition) is 1. The molecule has 0 atom stereocenters. The summed E-state index contributed by atoms with van der Waals surface area (Å²) in [5.74, 6) is 0.596. The van der Waals surface area contributed by atoms with Crippen LogP contribution >= 0.6 is 22.9 Å². The molecule has 1 amide bonds. The van der Waals surface area contributed by atoms with Gasteiger partial charge >= 0.3 is 0 Å². The molecule has 0 spiro atoms. The van der Waals surface area contributed by atoms with Crippen LogP contribution in [0.25, 0.3) is 10.6 Å². The van der Waals surface area contributed by atoms with Crippen LogP contribution in [0.4, 0.5) is 0 Å². The van der Waals surface area contributed by atoms with Gasteiger partial charge in [0.15, 0.2) is 0 Å². The summed E-state index contributed by atoms with van der Waals surface area (Å²) in [5, 5.41) is 6.11. The molecule has 2 aromatic carbocycles. The molecule has 6 heteroatoms. The lowest BCUT2D eigenvalue weighted by atomic mass is 10.2. The van der Waals surface area contributed by atoms with E-state index in [0.29, 0.717) is 17.3 Å². The van der Waals surface area contributed by atoms with Gasteiger partial charge in [-0.3, -0.25) is 4.79 Å². The van der Waals surface area contributed by atoms with Gasteiger partial charge in [0, 0.05) is 22.0 Å². The van der Waals surface area contributed by atoms with Crippen LogP contribution in [-0.2, 0) is 6.61 Å². The molecule has 0 aliphatic rings. The molecule has 0 unspecified atom stereocenters. The van der Waals surface area contributed by atoms with Gasteiger partial charge in [-0.15, -0.1) is 11.3 Å². The summed E-state index contributed by atoms with van der Waals surface area (Å²) in [4.78, 5) is 16.5. The normalized spacial score (nSPS) is 10.8. The van der Waals surface area contributed by atoms with Gasteiger partial charge in [0.2, 0.25) is 0 Å². The standard InChI is InChI=1S/C20H19ClN2O2S/c1-13(2)22-19(24)18-12-26-20(23-18)15-4-3-5-17(10-15)25-11-14-6-8-16(21)9-7-14/h3-10,12-13H,11H2,1-2H3,(H,22,24). The fourth-order valence-corrected chi connectivity index (χ4v) is 3.24. The summed E-state index contributed by atoms with van der Waals surface area (Å²) in [6.07, 6.45) is 0. The summed E-state index contributed by atoms with van der Waals surface area (Å²) in [5.41, 5.74) is 2.40. The Hall–Kier alpha value is -2.37. The number of amides is 1. The van der Waals surface area contributed by atoms with Gasteiger partial charge in [-0.25, -0.2) is 4.98 Å². The van der Waals surface area contributed by atoms with Crippen molar-refractivity contribution < 1.29 is 9.53 Å². The number of carbonyl (C=O) groups excluding carboxylic acids is 1. The second kappa shape index (κ2) is 8.34. The molecule has 0 fully saturated rings. The zero-order valence-corrected chi connectivity index (χ0v) is 16.1. The molecular weight excluding hydrogens is 368 g/mol. The number of nitrogens with one attached hydrogen (secondary N) is 1. The average Bonchev–Trinajstić information content (AvgIpc) is 3.11. The van der Waals surface area contributed by atoms with Crippen LogP contribution in [0.3, 0.4) is 0 Å². The maximum Gasteiger partial charge on any atom is 0.270 e. The van der Waals surface area contributed by atoms with Gasteiger partial charge in [0.05, 0.1) is 0 Å². The lowest BCUT2D eigenvalue weighted by Gasteiger charge is -2.07. The summed E-state index contributed by atoms with van der Waals surface area (Å²) < 4.78 is 5.86. The first-order valence-corrected chi connectivity index (χ1v) is 9.51. The molecule has 26 heavy (non-hydrogen) atoms. The molecule has 0 saturated carbocycles. The van der Waals surface area contributed by atoms with E-state index >= 15 is 0 Å². The zero-order chi connectivity index (χ0) is 18.5. The maximum absolute atomic E-state index is 12.0. The number of aromatic nitrogens is 1. The fourth-order valence-electron chi connectivity index (χ4n) is 2.31. The van der Waals surface area contributed by atoms with Crippen LogP contribution in [0, 0.1) is 0 Å². The van der Waals surface area contributed by atoms with E-state index in [2.05, 4.69) is 10.3 Å². The summed E-state index contributed by atoms with van der Waals surface area (Å²) in [6, 6.07) is 15.3. The molecule has 1 aromatic heterocycles. The molecule has 0 aliphatic heterocycles. The van der Waals surface area contributed by atoms with Crippen molar-refractivity contribution in [2.45, 2.75) is 26.5 Å². The topological polar surface area (TPSA) is 51.2 Å². The second-order valence-electron chi connectivity index (χ2n) is 6.11. The predicted molar refractivity (Wildman–Crippen MR) is 106 cm³/mol. The monoisotopic (exact) mass is 386 g/mol. The number of halogens is 1. The minimum Gasteiger partial charge on any atom is -0.489 e. The van der Waals surface area contributed by atoms with Crippen LogP contribution in [-0.4, -0.2) is 16.9 Å². The van der Waals surface area contributed by atoms with Crippen molar-refractivity contribution in [3.05, 3.63) is 70.2 Å². The van der Waals surface area contributed by atoms with Crippen LogP contribution < -0.4 is 10.1 Å². The number of thiazole rings is 1. The first-order valence-electron chi connectivity index (χ1n) is 8.25. The Bertz CT molecular complexity index is 891. The lowest BCUT2D eigenvalue weighted by molar-refractivity contribution is 0.0939. The number of ether oxygens (including phenoxy) is 1. The van der Waals surface area contributed by atoms with Crippen molar-refractivity contribution in [3.63, 3.8) is 0 Å². The van der Waals surface area contributed by atoms with E-state index in [1.165, 1.54) is 11.3 Å². The van der Waals surface area contributed by atoms with Crippen molar-refractivity contribution in [3.8, 4) is 16.3 Å². The van der Waals surface area contributed by atoms with Gasteiger partial charge in [-0.05, 0) is 43.7 Å². The Morgan fingerprint density at radius 1 is 1.23 bits per heavy atom. The highest BCUT2D eigenvalue weighted by atomic mass is 35.5. The van der Waals surface area contributed by atoms with E-state index in [1.807, 2.05) is 62.4 Å². The van der Waals surface area contributed by atoms with Gasteiger partial charge in [-0.2, -0.15) is 0 Å². The van der Waals surface area contributed by atoms with Crippen molar-refractivity contribution >= 4 is 28.8 Å². The van der Waals surface area contributed by atoms with Crippen LogP contribution in [0.1, 0.15) is 29.9 Å². The van der Waals surface area contributed by atoms with Crippen molar-refractivity contribution in [1.29, 1.82) is 0 Å². The Morgan fingerprint density at radius 2 is 2.00 bits per heavy atom.